The third-order valence-electron chi connectivity index (χ3n) is 4.15. The summed E-state index contributed by atoms with van der Waals surface area (Å²) in [7, 11) is 0. The fourth-order valence-electron chi connectivity index (χ4n) is 2.85. The molecule has 3 rings (SSSR count). The largest absolute Gasteiger partial charge is 0.352 e. The monoisotopic (exact) mass is 326 g/mol. The van der Waals surface area contributed by atoms with Crippen LogP contribution < -0.4 is 10.6 Å². The van der Waals surface area contributed by atoms with Crippen molar-refractivity contribution in [2.45, 2.75) is 38.8 Å². The molecule has 1 aliphatic heterocycles. The summed E-state index contributed by atoms with van der Waals surface area (Å²) < 4.78 is 1.87. The van der Waals surface area contributed by atoms with Crippen LogP contribution in [0.4, 0.5) is 0 Å². The van der Waals surface area contributed by atoms with Crippen molar-refractivity contribution in [2.75, 3.05) is 6.54 Å². The molecule has 1 saturated heterocycles. The van der Waals surface area contributed by atoms with Crippen molar-refractivity contribution in [1.82, 2.24) is 20.4 Å². The number of benzene rings is 1. The Balaban J connectivity index is 1.52. The van der Waals surface area contributed by atoms with Gasteiger partial charge >= 0.3 is 0 Å². The second-order valence-corrected chi connectivity index (χ2v) is 6.28. The zero-order chi connectivity index (χ0) is 16.9. The van der Waals surface area contributed by atoms with Crippen molar-refractivity contribution >= 4 is 11.8 Å². The topological polar surface area (TPSA) is 76.0 Å². The Hall–Kier alpha value is -2.63. The number of carbonyl (C=O) groups is 2. The molecule has 0 radical (unpaired) electrons. The molecule has 1 aromatic heterocycles. The maximum Gasteiger partial charge on any atom is 0.251 e. The molecule has 24 heavy (non-hydrogen) atoms. The second-order valence-electron chi connectivity index (χ2n) is 6.28. The number of nitrogens with one attached hydrogen (secondary N) is 2. The van der Waals surface area contributed by atoms with E-state index >= 15 is 0 Å². The summed E-state index contributed by atoms with van der Waals surface area (Å²) in [6, 6.07) is 7.56. The van der Waals surface area contributed by atoms with Gasteiger partial charge in [0.1, 0.15) is 0 Å². The van der Waals surface area contributed by atoms with E-state index < -0.39 is 0 Å². The molecule has 0 bridgehead atoms. The van der Waals surface area contributed by atoms with Gasteiger partial charge in [0.2, 0.25) is 5.91 Å². The minimum absolute atomic E-state index is 0.0394. The summed E-state index contributed by atoms with van der Waals surface area (Å²) in [5.41, 5.74) is 2.84. The minimum atomic E-state index is -0.115. The van der Waals surface area contributed by atoms with Crippen molar-refractivity contribution in [3.63, 3.8) is 0 Å². The molecular formula is C18H22N4O2. The summed E-state index contributed by atoms with van der Waals surface area (Å²) in [6.45, 7) is 3.16. The number of aryl methyl sites for hydroxylation is 1. The third kappa shape index (κ3) is 4.22. The van der Waals surface area contributed by atoms with Crippen LogP contribution in [0.25, 0.3) is 0 Å². The summed E-state index contributed by atoms with van der Waals surface area (Å²) in [6.07, 6.45) is 6.19. The number of hydrogen-bond donors (Lipinski definition) is 2. The number of piperidine rings is 1. The van der Waals surface area contributed by atoms with Gasteiger partial charge in [-0.1, -0.05) is 12.1 Å². The number of hydrogen-bond acceptors (Lipinski definition) is 3. The molecule has 2 heterocycles. The summed E-state index contributed by atoms with van der Waals surface area (Å²) in [4.78, 5) is 23.5. The molecule has 1 fully saturated rings. The Morgan fingerprint density at radius 1 is 1.38 bits per heavy atom. The van der Waals surface area contributed by atoms with Gasteiger partial charge in [-0.25, -0.2) is 0 Å². The molecule has 1 atom stereocenters. The number of aromatic nitrogens is 2. The lowest BCUT2D eigenvalue weighted by Gasteiger charge is -2.23. The average molecular weight is 326 g/mol. The lowest BCUT2D eigenvalue weighted by molar-refractivity contribution is -0.123. The van der Waals surface area contributed by atoms with Crippen LogP contribution in [0.1, 0.15) is 40.7 Å². The fraction of sp³-hybridized carbons (Fsp3) is 0.389. The van der Waals surface area contributed by atoms with E-state index in [1.54, 1.807) is 0 Å². The highest BCUT2D eigenvalue weighted by atomic mass is 16.2. The smallest absolute Gasteiger partial charge is 0.251 e. The van der Waals surface area contributed by atoms with Gasteiger partial charge < -0.3 is 10.6 Å². The van der Waals surface area contributed by atoms with Gasteiger partial charge in [-0.05, 0) is 43.0 Å². The lowest BCUT2D eigenvalue weighted by atomic mass is 10.0. The molecular weight excluding hydrogens is 304 g/mol. The van der Waals surface area contributed by atoms with E-state index in [1.807, 2.05) is 48.3 Å². The number of rotatable bonds is 5. The molecule has 6 heteroatoms. The van der Waals surface area contributed by atoms with Crippen molar-refractivity contribution < 1.29 is 9.59 Å². The Morgan fingerprint density at radius 2 is 2.17 bits per heavy atom. The molecule has 0 aliphatic carbocycles. The summed E-state index contributed by atoms with van der Waals surface area (Å²) >= 11 is 0. The quantitative estimate of drug-likeness (QED) is 0.877. The van der Waals surface area contributed by atoms with E-state index in [-0.39, 0.29) is 17.9 Å². The molecule has 0 saturated carbocycles. The maximum absolute atomic E-state index is 12.2. The van der Waals surface area contributed by atoms with Crippen LogP contribution in [0, 0.1) is 6.92 Å². The van der Waals surface area contributed by atoms with Crippen molar-refractivity contribution in [3.8, 4) is 0 Å². The van der Waals surface area contributed by atoms with Crippen LogP contribution in [0.2, 0.25) is 0 Å². The first-order chi connectivity index (χ1) is 11.6. The molecule has 6 nitrogen and oxygen atoms in total. The van der Waals surface area contributed by atoms with Gasteiger partial charge in [0.15, 0.2) is 0 Å². The lowest BCUT2D eigenvalue weighted by Crippen LogP contribution is -2.46. The van der Waals surface area contributed by atoms with Crippen molar-refractivity contribution in [2.24, 2.45) is 0 Å². The van der Waals surface area contributed by atoms with Crippen LogP contribution in [0.3, 0.4) is 0 Å². The first kappa shape index (κ1) is 16.2. The Bertz CT molecular complexity index is 721. The van der Waals surface area contributed by atoms with E-state index in [9.17, 15) is 9.59 Å². The van der Waals surface area contributed by atoms with Crippen molar-refractivity contribution in [3.05, 3.63) is 53.3 Å². The van der Waals surface area contributed by atoms with E-state index in [2.05, 4.69) is 15.7 Å². The van der Waals surface area contributed by atoms with E-state index in [4.69, 9.17) is 0 Å². The zero-order valence-corrected chi connectivity index (χ0v) is 13.8. The maximum atomic E-state index is 12.2. The fourth-order valence-corrected chi connectivity index (χ4v) is 2.85. The molecule has 1 aromatic carbocycles. The number of amides is 2. The molecule has 2 N–H and O–H groups in total. The average Bonchev–Trinajstić information content (AvgIpc) is 2.98. The highest BCUT2D eigenvalue weighted by Crippen LogP contribution is 2.09. The highest BCUT2D eigenvalue weighted by molar-refractivity contribution is 5.94. The zero-order valence-electron chi connectivity index (χ0n) is 13.8. The van der Waals surface area contributed by atoms with Gasteiger partial charge in [-0.15, -0.1) is 0 Å². The van der Waals surface area contributed by atoms with Crippen molar-refractivity contribution in [1.29, 1.82) is 0 Å². The normalized spacial score (nSPS) is 17.4. The molecule has 2 aromatic rings. The molecule has 1 aliphatic rings. The van der Waals surface area contributed by atoms with E-state index in [1.165, 1.54) is 0 Å². The van der Waals surface area contributed by atoms with E-state index in [0.717, 1.165) is 24.0 Å². The van der Waals surface area contributed by atoms with Crippen LogP contribution in [0.15, 0.2) is 36.7 Å². The van der Waals surface area contributed by atoms with Crippen LogP contribution in [-0.2, 0) is 11.3 Å². The predicted molar refractivity (Wildman–Crippen MR) is 90.6 cm³/mol. The Labute approximate surface area is 141 Å². The molecule has 2 amide bonds. The van der Waals surface area contributed by atoms with Gasteiger partial charge in [0, 0.05) is 30.8 Å². The van der Waals surface area contributed by atoms with Gasteiger partial charge in [-0.2, -0.15) is 5.10 Å². The Morgan fingerprint density at radius 3 is 2.83 bits per heavy atom. The number of nitrogens with zero attached hydrogens (tertiary/aromatic N) is 2. The van der Waals surface area contributed by atoms with E-state index in [0.29, 0.717) is 25.1 Å². The Kier molecular flexibility index (Phi) is 4.93. The van der Waals surface area contributed by atoms with Crippen LogP contribution >= 0.6 is 0 Å². The number of carbonyl (C=O) groups excluding carboxylic acids is 2. The summed E-state index contributed by atoms with van der Waals surface area (Å²) in [5.74, 6) is -0.0463. The summed E-state index contributed by atoms with van der Waals surface area (Å²) in [5, 5.41) is 10.0. The second kappa shape index (κ2) is 7.29. The minimum Gasteiger partial charge on any atom is -0.352 e. The SMILES string of the molecule is Cc1cnn(Cc2ccc(C(=O)NC[C@H]3CCCC(=O)N3)cc2)c1. The highest BCUT2D eigenvalue weighted by Gasteiger charge is 2.18. The molecule has 126 valence electrons. The predicted octanol–water partition coefficient (Wildman–Crippen LogP) is 1.64. The standard InChI is InChI=1S/C18H22N4O2/c1-13-9-20-22(11-13)12-14-5-7-15(8-6-14)18(24)19-10-16-3-2-4-17(23)21-16/h5-9,11,16H,2-4,10,12H2,1H3,(H,19,24)(H,21,23)/t16-/m1/s1. The van der Waals surface area contributed by atoms with Crippen LogP contribution in [0.5, 0.6) is 0 Å². The van der Waals surface area contributed by atoms with Crippen LogP contribution in [-0.4, -0.2) is 34.2 Å². The van der Waals surface area contributed by atoms with Gasteiger partial charge in [-0.3, -0.25) is 14.3 Å². The first-order valence-electron chi connectivity index (χ1n) is 8.26. The van der Waals surface area contributed by atoms with Gasteiger partial charge in [0.25, 0.3) is 5.91 Å². The van der Waals surface area contributed by atoms with Gasteiger partial charge in [0.05, 0.1) is 12.7 Å². The molecule has 0 spiro atoms. The molecule has 0 unspecified atom stereocenters. The first-order valence-corrected chi connectivity index (χ1v) is 8.26. The third-order valence-corrected chi connectivity index (χ3v) is 4.15.